The standard InChI is InChI=1S/C15H23NO4/c1-11(16-15(18)6-4-5-9-17)13-10-12(19-2)7-8-14(13)20-3/h7-8,10-11,17H,4-6,9H2,1-3H3,(H,16,18). The van der Waals surface area contributed by atoms with Gasteiger partial charge in [0.25, 0.3) is 0 Å². The Hall–Kier alpha value is -1.75. The second-order valence-corrected chi connectivity index (χ2v) is 4.58. The molecule has 1 amide bonds. The second kappa shape index (κ2) is 8.43. The summed E-state index contributed by atoms with van der Waals surface area (Å²) < 4.78 is 10.5. The number of nitrogens with one attached hydrogen (secondary N) is 1. The molecule has 0 aliphatic rings. The molecule has 2 N–H and O–H groups in total. The van der Waals surface area contributed by atoms with E-state index in [0.29, 0.717) is 25.0 Å². The maximum absolute atomic E-state index is 11.8. The zero-order chi connectivity index (χ0) is 15.0. The molecule has 0 bridgehead atoms. The van der Waals surface area contributed by atoms with Crippen molar-refractivity contribution in [2.75, 3.05) is 20.8 Å². The van der Waals surface area contributed by atoms with Gasteiger partial charge in [-0.2, -0.15) is 0 Å². The van der Waals surface area contributed by atoms with Crippen LogP contribution in [0.5, 0.6) is 11.5 Å². The molecule has 1 aromatic carbocycles. The molecule has 0 heterocycles. The number of rotatable bonds is 8. The predicted molar refractivity (Wildman–Crippen MR) is 77.0 cm³/mol. The van der Waals surface area contributed by atoms with Crippen LogP contribution in [0.25, 0.3) is 0 Å². The Morgan fingerprint density at radius 3 is 2.65 bits per heavy atom. The number of unbranched alkanes of at least 4 members (excludes halogenated alkanes) is 1. The van der Waals surface area contributed by atoms with Crippen molar-refractivity contribution in [1.29, 1.82) is 0 Å². The zero-order valence-electron chi connectivity index (χ0n) is 12.3. The van der Waals surface area contributed by atoms with Gasteiger partial charge in [-0.25, -0.2) is 0 Å². The summed E-state index contributed by atoms with van der Waals surface area (Å²) in [5.41, 5.74) is 0.877. The molecule has 0 aromatic heterocycles. The molecule has 0 spiro atoms. The fourth-order valence-corrected chi connectivity index (χ4v) is 1.97. The van der Waals surface area contributed by atoms with Crippen molar-refractivity contribution in [3.05, 3.63) is 23.8 Å². The van der Waals surface area contributed by atoms with Crippen LogP contribution in [-0.2, 0) is 4.79 Å². The van der Waals surface area contributed by atoms with Crippen LogP contribution in [0.4, 0.5) is 0 Å². The molecule has 1 aromatic rings. The number of ether oxygens (including phenoxy) is 2. The Bertz CT molecular complexity index is 434. The topological polar surface area (TPSA) is 67.8 Å². The van der Waals surface area contributed by atoms with Gasteiger partial charge in [0.2, 0.25) is 5.91 Å². The van der Waals surface area contributed by atoms with Gasteiger partial charge in [0.05, 0.1) is 20.3 Å². The van der Waals surface area contributed by atoms with E-state index in [1.807, 2.05) is 25.1 Å². The molecule has 20 heavy (non-hydrogen) atoms. The quantitative estimate of drug-likeness (QED) is 0.716. The lowest BCUT2D eigenvalue weighted by molar-refractivity contribution is -0.121. The van der Waals surface area contributed by atoms with Crippen molar-refractivity contribution in [2.45, 2.75) is 32.2 Å². The number of aliphatic hydroxyl groups excluding tert-OH is 1. The van der Waals surface area contributed by atoms with Gasteiger partial charge >= 0.3 is 0 Å². The summed E-state index contributed by atoms with van der Waals surface area (Å²) in [7, 11) is 3.20. The van der Waals surface area contributed by atoms with E-state index in [1.165, 1.54) is 0 Å². The minimum Gasteiger partial charge on any atom is -0.497 e. The SMILES string of the molecule is COc1ccc(OC)c(C(C)NC(=O)CCCCO)c1. The first-order chi connectivity index (χ1) is 9.62. The van der Waals surface area contributed by atoms with Gasteiger partial charge in [-0.05, 0) is 38.0 Å². The molecule has 1 atom stereocenters. The summed E-state index contributed by atoms with van der Waals surface area (Å²) in [5.74, 6) is 1.41. The Balaban J connectivity index is 2.70. The lowest BCUT2D eigenvalue weighted by Gasteiger charge is -2.18. The van der Waals surface area contributed by atoms with Gasteiger partial charge in [0.15, 0.2) is 0 Å². The molecule has 0 radical (unpaired) electrons. The highest BCUT2D eigenvalue weighted by molar-refractivity contribution is 5.76. The predicted octanol–water partition coefficient (Wildman–Crippen LogP) is 2.04. The fourth-order valence-electron chi connectivity index (χ4n) is 1.97. The number of carbonyl (C=O) groups is 1. The van der Waals surface area contributed by atoms with Gasteiger partial charge in [0, 0.05) is 18.6 Å². The summed E-state index contributed by atoms with van der Waals surface area (Å²) in [6, 6.07) is 5.33. The maximum Gasteiger partial charge on any atom is 0.220 e. The van der Waals surface area contributed by atoms with Crippen LogP contribution in [0.2, 0.25) is 0 Å². The molecular weight excluding hydrogens is 258 g/mol. The number of hydrogen-bond donors (Lipinski definition) is 2. The first-order valence-electron chi connectivity index (χ1n) is 6.74. The van der Waals surface area contributed by atoms with Gasteiger partial charge in [0.1, 0.15) is 11.5 Å². The van der Waals surface area contributed by atoms with Crippen molar-refractivity contribution >= 4 is 5.91 Å². The van der Waals surface area contributed by atoms with Crippen LogP contribution in [-0.4, -0.2) is 31.8 Å². The highest BCUT2D eigenvalue weighted by atomic mass is 16.5. The Morgan fingerprint density at radius 1 is 1.30 bits per heavy atom. The largest absolute Gasteiger partial charge is 0.497 e. The molecule has 5 nitrogen and oxygen atoms in total. The first-order valence-corrected chi connectivity index (χ1v) is 6.74. The molecular formula is C15H23NO4. The Morgan fingerprint density at radius 2 is 2.05 bits per heavy atom. The molecule has 0 saturated heterocycles. The van der Waals surface area contributed by atoms with Crippen LogP contribution < -0.4 is 14.8 Å². The van der Waals surface area contributed by atoms with Gasteiger partial charge in [-0.1, -0.05) is 0 Å². The third kappa shape index (κ3) is 4.74. The van der Waals surface area contributed by atoms with E-state index in [2.05, 4.69) is 5.32 Å². The molecule has 0 saturated carbocycles. The lowest BCUT2D eigenvalue weighted by atomic mass is 10.1. The average Bonchev–Trinajstić information content (AvgIpc) is 2.46. The van der Waals surface area contributed by atoms with E-state index in [1.54, 1.807) is 14.2 Å². The van der Waals surface area contributed by atoms with Crippen molar-refractivity contribution in [1.82, 2.24) is 5.32 Å². The van der Waals surface area contributed by atoms with Gasteiger partial charge in [-0.3, -0.25) is 4.79 Å². The third-order valence-corrected chi connectivity index (χ3v) is 3.09. The van der Waals surface area contributed by atoms with E-state index in [9.17, 15) is 4.79 Å². The van der Waals surface area contributed by atoms with Crippen LogP contribution >= 0.6 is 0 Å². The zero-order valence-corrected chi connectivity index (χ0v) is 12.3. The van der Waals surface area contributed by atoms with E-state index in [4.69, 9.17) is 14.6 Å². The number of methoxy groups -OCH3 is 2. The maximum atomic E-state index is 11.8. The molecule has 0 fully saturated rings. The Labute approximate surface area is 119 Å². The van der Waals surface area contributed by atoms with Crippen molar-refractivity contribution in [2.24, 2.45) is 0 Å². The van der Waals surface area contributed by atoms with E-state index in [-0.39, 0.29) is 18.6 Å². The molecule has 0 aliphatic heterocycles. The van der Waals surface area contributed by atoms with Crippen molar-refractivity contribution < 1.29 is 19.4 Å². The van der Waals surface area contributed by atoms with Crippen molar-refractivity contribution in [3.63, 3.8) is 0 Å². The number of amides is 1. The van der Waals surface area contributed by atoms with Gasteiger partial charge in [-0.15, -0.1) is 0 Å². The highest BCUT2D eigenvalue weighted by Crippen LogP contribution is 2.29. The van der Waals surface area contributed by atoms with Gasteiger partial charge < -0.3 is 19.9 Å². The number of hydrogen-bond acceptors (Lipinski definition) is 4. The normalized spacial score (nSPS) is 11.8. The summed E-state index contributed by atoms with van der Waals surface area (Å²) in [6.07, 6.45) is 1.74. The van der Waals surface area contributed by atoms with Crippen LogP contribution in [0.3, 0.4) is 0 Å². The van der Waals surface area contributed by atoms with Crippen LogP contribution in [0.1, 0.15) is 37.8 Å². The minimum atomic E-state index is -0.165. The van der Waals surface area contributed by atoms with Crippen LogP contribution in [0, 0.1) is 0 Å². The smallest absolute Gasteiger partial charge is 0.220 e. The fraction of sp³-hybridized carbons (Fsp3) is 0.533. The molecule has 0 aliphatic carbocycles. The van der Waals surface area contributed by atoms with E-state index >= 15 is 0 Å². The second-order valence-electron chi connectivity index (χ2n) is 4.58. The summed E-state index contributed by atoms with van der Waals surface area (Å²) in [5, 5.41) is 11.6. The monoisotopic (exact) mass is 281 g/mol. The lowest BCUT2D eigenvalue weighted by Crippen LogP contribution is -2.26. The summed E-state index contributed by atoms with van der Waals surface area (Å²) >= 11 is 0. The van der Waals surface area contributed by atoms with Crippen molar-refractivity contribution in [3.8, 4) is 11.5 Å². The molecule has 1 rings (SSSR count). The first kappa shape index (κ1) is 16.3. The van der Waals surface area contributed by atoms with E-state index in [0.717, 1.165) is 11.3 Å². The number of benzene rings is 1. The molecule has 112 valence electrons. The average molecular weight is 281 g/mol. The Kier molecular flexibility index (Phi) is 6.87. The molecule has 5 heteroatoms. The summed E-state index contributed by atoms with van der Waals surface area (Å²) in [6.45, 7) is 2.02. The number of aliphatic hydroxyl groups is 1. The molecule has 1 unspecified atom stereocenters. The minimum absolute atomic E-state index is 0.0316. The van der Waals surface area contributed by atoms with E-state index < -0.39 is 0 Å². The number of carbonyl (C=O) groups excluding carboxylic acids is 1. The van der Waals surface area contributed by atoms with Crippen LogP contribution in [0.15, 0.2) is 18.2 Å². The third-order valence-electron chi connectivity index (χ3n) is 3.09. The highest BCUT2D eigenvalue weighted by Gasteiger charge is 2.14. The summed E-state index contributed by atoms with van der Waals surface area (Å²) in [4.78, 5) is 11.8.